The lowest BCUT2D eigenvalue weighted by Gasteiger charge is -2.32. The fourth-order valence-corrected chi connectivity index (χ4v) is 3.70. The molecule has 0 radical (unpaired) electrons. The van der Waals surface area contributed by atoms with E-state index in [1.54, 1.807) is 0 Å². The van der Waals surface area contributed by atoms with E-state index in [-0.39, 0.29) is 23.9 Å². The molecule has 0 saturated carbocycles. The largest absolute Gasteiger partial charge is 0.372 e. The number of nitrogens with zero attached hydrogens (tertiary/aromatic N) is 1. The lowest BCUT2D eigenvalue weighted by Crippen LogP contribution is -2.37. The first-order valence-electron chi connectivity index (χ1n) is 9.87. The molecule has 1 heterocycles. The van der Waals surface area contributed by atoms with E-state index in [1.807, 2.05) is 30.3 Å². The number of carbonyl (C=O) groups is 1. The standard InChI is InChI=1S/C23H31N3O/c1-23(2,3)22(18-9-5-4-6-10-18)24-17-21(27)25-19-11-13-20(14-12-19)26-15-7-8-16-26/h4-6,9-14,22,24H,7-8,15-17H2,1-3H3,(H,25,27). The molecular weight excluding hydrogens is 334 g/mol. The minimum atomic E-state index is -0.0193. The second-order valence-electron chi connectivity index (χ2n) is 8.38. The summed E-state index contributed by atoms with van der Waals surface area (Å²) in [5.41, 5.74) is 3.30. The predicted molar refractivity (Wildman–Crippen MR) is 113 cm³/mol. The lowest BCUT2D eigenvalue weighted by molar-refractivity contribution is -0.115. The van der Waals surface area contributed by atoms with Crippen LogP contribution in [-0.2, 0) is 4.79 Å². The van der Waals surface area contributed by atoms with Crippen molar-refractivity contribution in [3.8, 4) is 0 Å². The Kier molecular flexibility index (Phi) is 6.17. The van der Waals surface area contributed by atoms with Crippen LogP contribution >= 0.6 is 0 Å². The average Bonchev–Trinajstić information content (AvgIpc) is 3.17. The number of hydrogen-bond donors (Lipinski definition) is 2. The van der Waals surface area contributed by atoms with Crippen molar-refractivity contribution in [2.24, 2.45) is 5.41 Å². The molecule has 0 aromatic heterocycles. The van der Waals surface area contributed by atoms with Crippen LogP contribution < -0.4 is 15.5 Å². The molecule has 2 N–H and O–H groups in total. The maximum absolute atomic E-state index is 12.4. The molecular formula is C23H31N3O. The van der Waals surface area contributed by atoms with Gasteiger partial charge >= 0.3 is 0 Å². The zero-order valence-corrected chi connectivity index (χ0v) is 16.7. The molecule has 0 spiro atoms. The third-order valence-corrected chi connectivity index (χ3v) is 5.09. The van der Waals surface area contributed by atoms with E-state index in [0.717, 1.165) is 18.8 Å². The van der Waals surface area contributed by atoms with Gasteiger partial charge < -0.3 is 15.5 Å². The van der Waals surface area contributed by atoms with Gasteiger partial charge in [-0.3, -0.25) is 4.79 Å². The van der Waals surface area contributed by atoms with Gasteiger partial charge in [0.1, 0.15) is 0 Å². The molecule has 1 saturated heterocycles. The van der Waals surface area contributed by atoms with Gasteiger partial charge in [0.2, 0.25) is 5.91 Å². The highest BCUT2D eigenvalue weighted by Gasteiger charge is 2.26. The van der Waals surface area contributed by atoms with Crippen molar-refractivity contribution >= 4 is 17.3 Å². The van der Waals surface area contributed by atoms with Gasteiger partial charge in [-0.25, -0.2) is 0 Å². The van der Waals surface area contributed by atoms with Gasteiger partial charge in [-0.05, 0) is 48.1 Å². The molecule has 1 unspecified atom stereocenters. The van der Waals surface area contributed by atoms with Gasteiger partial charge in [0, 0.05) is 30.5 Å². The van der Waals surface area contributed by atoms with Crippen LogP contribution in [0.3, 0.4) is 0 Å². The van der Waals surface area contributed by atoms with E-state index in [0.29, 0.717) is 0 Å². The van der Waals surface area contributed by atoms with Crippen LogP contribution in [0.5, 0.6) is 0 Å². The van der Waals surface area contributed by atoms with E-state index in [2.05, 4.69) is 60.6 Å². The van der Waals surface area contributed by atoms with Crippen LogP contribution in [0.25, 0.3) is 0 Å². The summed E-state index contributed by atoms with van der Waals surface area (Å²) in [7, 11) is 0. The SMILES string of the molecule is CC(C)(C)C(NCC(=O)Nc1ccc(N2CCCC2)cc1)c1ccccc1. The highest BCUT2D eigenvalue weighted by molar-refractivity contribution is 5.92. The van der Waals surface area contributed by atoms with Crippen molar-refractivity contribution in [1.82, 2.24) is 5.32 Å². The van der Waals surface area contributed by atoms with Crippen molar-refractivity contribution in [2.45, 2.75) is 39.7 Å². The first-order chi connectivity index (χ1) is 12.9. The molecule has 2 aromatic rings. The van der Waals surface area contributed by atoms with Crippen LogP contribution in [-0.4, -0.2) is 25.5 Å². The number of benzene rings is 2. The third-order valence-electron chi connectivity index (χ3n) is 5.09. The molecule has 0 aliphatic carbocycles. The summed E-state index contributed by atoms with van der Waals surface area (Å²) in [6.45, 7) is 9.10. The van der Waals surface area contributed by atoms with Crippen LogP contribution in [0, 0.1) is 5.41 Å². The van der Waals surface area contributed by atoms with Gasteiger partial charge in [0.15, 0.2) is 0 Å². The summed E-state index contributed by atoms with van der Waals surface area (Å²) in [4.78, 5) is 14.8. The highest BCUT2D eigenvalue weighted by Crippen LogP contribution is 2.32. The maximum atomic E-state index is 12.4. The molecule has 2 aromatic carbocycles. The normalized spacial score (nSPS) is 15.6. The molecule has 1 aliphatic rings. The zero-order valence-electron chi connectivity index (χ0n) is 16.7. The fraction of sp³-hybridized carbons (Fsp3) is 0.435. The predicted octanol–water partition coefficient (Wildman–Crippen LogP) is 4.60. The monoisotopic (exact) mass is 365 g/mol. The van der Waals surface area contributed by atoms with E-state index < -0.39 is 0 Å². The Bertz CT molecular complexity index is 728. The molecule has 1 amide bonds. The quantitative estimate of drug-likeness (QED) is 0.786. The van der Waals surface area contributed by atoms with Gasteiger partial charge in [0.05, 0.1) is 6.54 Å². The summed E-state index contributed by atoms with van der Waals surface area (Å²) in [6.07, 6.45) is 2.53. The number of nitrogens with one attached hydrogen (secondary N) is 2. The highest BCUT2D eigenvalue weighted by atomic mass is 16.1. The fourth-order valence-electron chi connectivity index (χ4n) is 3.70. The molecule has 1 aliphatic heterocycles. The topological polar surface area (TPSA) is 44.4 Å². The van der Waals surface area contributed by atoms with E-state index in [9.17, 15) is 4.79 Å². The summed E-state index contributed by atoms with van der Waals surface area (Å²) in [5, 5.41) is 6.43. The van der Waals surface area contributed by atoms with Gasteiger partial charge in [-0.15, -0.1) is 0 Å². The van der Waals surface area contributed by atoms with Crippen LogP contribution in [0.15, 0.2) is 54.6 Å². The maximum Gasteiger partial charge on any atom is 0.238 e. The van der Waals surface area contributed by atoms with Crippen molar-refractivity contribution < 1.29 is 4.79 Å². The first-order valence-corrected chi connectivity index (χ1v) is 9.87. The molecule has 1 atom stereocenters. The van der Waals surface area contributed by atoms with Gasteiger partial charge in [-0.2, -0.15) is 0 Å². The third kappa shape index (κ3) is 5.33. The second-order valence-corrected chi connectivity index (χ2v) is 8.38. The Hall–Kier alpha value is -2.33. The number of hydrogen-bond acceptors (Lipinski definition) is 3. The van der Waals surface area contributed by atoms with Crippen molar-refractivity contribution in [3.05, 3.63) is 60.2 Å². The van der Waals surface area contributed by atoms with Gasteiger partial charge in [0.25, 0.3) is 0 Å². The Morgan fingerprint density at radius 3 is 2.22 bits per heavy atom. The Morgan fingerprint density at radius 2 is 1.63 bits per heavy atom. The van der Waals surface area contributed by atoms with Crippen molar-refractivity contribution in [3.63, 3.8) is 0 Å². The lowest BCUT2D eigenvalue weighted by atomic mass is 9.82. The number of amides is 1. The summed E-state index contributed by atoms with van der Waals surface area (Å²) < 4.78 is 0. The molecule has 0 bridgehead atoms. The van der Waals surface area contributed by atoms with Crippen molar-refractivity contribution in [2.75, 3.05) is 29.9 Å². The molecule has 4 nitrogen and oxygen atoms in total. The van der Waals surface area contributed by atoms with Crippen molar-refractivity contribution in [1.29, 1.82) is 0 Å². The molecule has 3 rings (SSSR count). The molecule has 1 fully saturated rings. The van der Waals surface area contributed by atoms with E-state index in [1.165, 1.54) is 24.1 Å². The molecule has 27 heavy (non-hydrogen) atoms. The minimum absolute atomic E-state index is 0.0129. The van der Waals surface area contributed by atoms with Crippen LogP contribution in [0.1, 0.15) is 45.2 Å². The summed E-state index contributed by atoms with van der Waals surface area (Å²) in [5.74, 6) is -0.0193. The van der Waals surface area contributed by atoms with Crippen LogP contribution in [0.4, 0.5) is 11.4 Å². The van der Waals surface area contributed by atoms with E-state index in [4.69, 9.17) is 0 Å². The van der Waals surface area contributed by atoms with E-state index >= 15 is 0 Å². The number of rotatable bonds is 6. The molecule has 4 heteroatoms. The Balaban J connectivity index is 1.56. The Labute approximate surface area is 163 Å². The first kappa shape index (κ1) is 19.4. The minimum Gasteiger partial charge on any atom is -0.372 e. The summed E-state index contributed by atoms with van der Waals surface area (Å²) >= 11 is 0. The zero-order chi connectivity index (χ0) is 19.3. The van der Waals surface area contributed by atoms with Crippen LogP contribution in [0.2, 0.25) is 0 Å². The van der Waals surface area contributed by atoms with Gasteiger partial charge in [-0.1, -0.05) is 51.1 Å². The second kappa shape index (κ2) is 8.57. The number of carbonyl (C=O) groups excluding carboxylic acids is 1. The smallest absolute Gasteiger partial charge is 0.238 e. The summed E-state index contributed by atoms with van der Waals surface area (Å²) in [6, 6.07) is 18.6. The molecule has 144 valence electrons. The number of anilines is 2. The Morgan fingerprint density at radius 1 is 1.00 bits per heavy atom. The average molecular weight is 366 g/mol.